The predicted octanol–water partition coefficient (Wildman–Crippen LogP) is 6.83. The third kappa shape index (κ3) is 3.81. The highest BCUT2D eigenvalue weighted by Gasteiger charge is 2.15. The number of rotatable bonds is 6. The minimum atomic E-state index is 0.763. The molecule has 0 aliphatic heterocycles. The Morgan fingerprint density at radius 1 is 0.379 bits per heavy atom. The summed E-state index contributed by atoms with van der Waals surface area (Å²) < 4.78 is 17.5. The Bertz CT molecular complexity index is 1030. The minimum absolute atomic E-state index is 0.763. The standard InChI is InChI=1S/C26H22O3/c1-27-23-15-7-3-11-19(23)21-13-5-9-17-25(21)29-26-18-10-6-14-22(26)20-12-4-8-16-24(20)28-2/h3-18H,1-2H3. The second-order valence-electron chi connectivity index (χ2n) is 6.49. The van der Waals surface area contributed by atoms with Gasteiger partial charge in [0.2, 0.25) is 0 Å². The molecule has 3 heteroatoms. The van der Waals surface area contributed by atoms with Gasteiger partial charge in [0.15, 0.2) is 0 Å². The molecule has 3 nitrogen and oxygen atoms in total. The van der Waals surface area contributed by atoms with Crippen molar-refractivity contribution in [1.29, 1.82) is 0 Å². The van der Waals surface area contributed by atoms with Crippen LogP contribution in [0.3, 0.4) is 0 Å². The lowest BCUT2D eigenvalue weighted by Crippen LogP contribution is -1.94. The summed E-state index contributed by atoms with van der Waals surface area (Å²) in [6, 6.07) is 31.9. The Labute approximate surface area is 171 Å². The van der Waals surface area contributed by atoms with E-state index in [0.717, 1.165) is 45.3 Å². The Hall–Kier alpha value is -3.72. The molecule has 144 valence electrons. The first-order chi connectivity index (χ1) is 14.3. The molecule has 0 unspecified atom stereocenters. The van der Waals surface area contributed by atoms with Gasteiger partial charge in [0.1, 0.15) is 23.0 Å². The highest BCUT2D eigenvalue weighted by Crippen LogP contribution is 2.42. The van der Waals surface area contributed by atoms with Gasteiger partial charge in [-0.2, -0.15) is 0 Å². The average molecular weight is 382 g/mol. The molecule has 0 aromatic heterocycles. The Balaban J connectivity index is 1.80. The lowest BCUT2D eigenvalue weighted by Gasteiger charge is -2.17. The van der Waals surface area contributed by atoms with Crippen molar-refractivity contribution < 1.29 is 14.2 Å². The zero-order chi connectivity index (χ0) is 20.1. The van der Waals surface area contributed by atoms with Crippen LogP contribution in [0, 0.1) is 0 Å². The van der Waals surface area contributed by atoms with Gasteiger partial charge in [0, 0.05) is 22.3 Å². The van der Waals surface area contributed by atoms with E-state index >= 15 is 0 Å². The van der Waals surface area contributed by atoms with Crippen molar-refractivity contribution in [3.63, 3.8) is 0 Å². The zero-order valence-corrected chi connectivity index (χ0v) is 16.5. The van der Waals surface area contributed by atoms with Crippen LogP contribution in [0.5, 0.6) is 23.0 Å². The monoisotopic (exact) mass is 382 g/mol. The van der Waals surface area contributed by atoms with Crippen molar-refractivity contribution in [2.45, 2.75) is 0 Å². The van der Waals surface area contributed by atoms with E-state index in [1.807, 2.05) is 97.1 Å². The molecule has 0 atom stereocenters. The van der Waals surface area contributed by atoms with Gasteiger partial charge in [-0.25, -0.2) is 0 Å². The van der Waals surface area contributed by atoms with Crippen LogP contribution in [0.15, 0.2) is 97.1 Å². The van der Waals surface area contributed by atoms with Crippen LogP contribution in [0.1, 0.15) is 0 Å². The van der Waals surface area contributed by atoms with Gasteiger partial charge in [-0.05, 0) is 24.3 Å². The van der Waals surface area contributed by atoms with Crippen molar-refractivity contribution in [1.82, 2.24) is 0 Å². The number of hydrogen-bond acceptors (Lipinski definition) is 3. The van der Waals surface area contributed by atoms with Crippen molar-refractivity contribution >= 4 is 0 Å². The molecule has 0 aliphatic carbocycles. The van der Waals surface area contributed by atoms with Crippen molar-refractivity contribution in [2.24, 2.45) is 0 Å². The molecule has 0 heterocycles. The lowest BCUT2D eigenvalue weighted by molar-refractivity contribution is 0.415. The molecule has 0 radical (unpaired) electrons. The molecule has 4 rings (SSSR count). The summed E-state index contributed by atoms with van der Waals surface area (Å²) in [5.41, 5.74) is 3.92. The minimum Gasteiger partial charge on any atom is -0.496 e. The maximum Gasteiger partial charge on any atom is 0.135 e. The summed E-state index contributed by atoms with van der Waals surface area (Å²) in [6.07, 6.45) is 0. The third-order valence-corrected chi connectivity index (χ3v) is 4.79. The van der Waals surface area contributed by atoms with E-state index in [4.69, 9.17) is 14.2 Å². The van der Waals surface area contributed by atoms with Gasteiger partial charge < -0.3 is 14.2 Å². The molecule has 0 spiro atoms. The molecule has 0 saturated carbocycles. The normalized spacial score (nSPS) is 10.4. The highest BCUT2D eigenvalue weighted by molar-refractivity contribution is 5.79. The zero-order valence-electron chi connectivity index (χ0n) is 16.5. The van der Waals surface area contributed by atoms with E-state index in [1.54, 1.807) is 14.2 Å². The molecule has 0 bridgehead atoms. The summed E-state index contributed by atoms with van der Waals surface area (Å²) >= 11 is 0. The number of hydrogen-bond donors (Lipinski definition) is 0. The molecule has 0 fully saturated rings. The molecular formula is C26H22O3. The maximum atomic E-state index is 6.44. The molecule has 4 aromatic carbocycles. The fraction of sp³-hybridized carbons (Fsp3) is 0.0769. The highest BCUT2D eigenvalue weighted by atomic mass is 16.5. The SMILES string of the molecule is COc1ccccc1-c1ccccc1Oc1ccccc1-c1ccccc1OC. The summed E-state index contributed by atoms with van der Waals surface area (Å²) in [6.45, 7) is 0. The fourth-order valence-electron chi connectivity index (χ4n) is 3.41. The third-order valence-electron chi connectivity index (χ3n) is 4.79. The first-order valence-corrected chi connectivity index (χ1v) is 9.44. The van der Waals surface area contributed by atoms with Crippen LogP contribution in [0.2, 0.25) is 0 Å². The number of para-hydroxylation sites is 4. The van der Waals surface area contributed by atoms with Gasteiger partial charge in [-0.1, -0.05) is 72.8 Å². The molecule has 0 aliphatic rings. The molecule has 29 heavy (non-hydrogen) atoms. The van der Waals surface area contributed by atoms with Crippen molar-refractivity contribution in [3.05, 3.63) is 97.1 Å². The van der Waals surface area contributed by atoms with Gasteiger partial charge in [-0.15, -0.1) is 0 Å². The summed E-state index contributed by atoms with van der Waals surface area (Å²) in [4.78, 5) is 0. The molecule has 0 amide bonds. The van der Waals surface area contributed by atoms with Crippen LogP contribution in [0.4, 0.5) is 0 Å². The largest absolute Gasteiger partial charge is 0.496 e. The summed E-state index contributed by atoms with van der Waals surface area (Å²) in [5.74, 6) is 3.14. The molecular weight excluding hydrogens is 360 g/mol. The first kappa shape index (κ1) is 18.6. The molecule has 4 aromatic rings. The van der Waals surface area contributed by atoms with Gasteiger partial charge in [0.05, 0.1) is 14.2 Å². The lowest BCUT2D eigenvalue weighted by atomic mass is 10.0. The van der Waals surface area contributed by atoms with Gasteiger partial charge in [0.25, 0.3) is 0 Å². The van der Waals surface area contributed by atoms with Gasteiger partial charge in [-0.3, -0.25) is 0 Å². The van der Waals surface area contributed by atoms with Crippen molar-refractivity contribution in [2.75, 3.05) is 14.2 Å². The summed E-state index contributed by atoms with van der Waals surface area (Å²) in [7, 11) is 3.36. The summed E-state index contributed by atoms with van der Waals surface area (Å²) in [5, 5.41) is 0. The first-order valence-electron chi connectivity index (χ1n) is 9.44. The Kier molecular flexibility index (Phi) is 5.48. The number of benzene rings is 4. The average Bonchev–Trinajstić information content (AvgIpc) is 2.80. The number of methoxy groups -OCH3 is 2. The van der Waals surface area contributed by atoms with Crippen LogP contribution in [-0.4, -0.2) is 14.2 Å². The van der Waals surface area contributed by atoms with E-state index in [1.165, 1.54) is 0 Å². The van der Waals surface area contributed by atoms with Crippen LogP contribution in [-0.2, 0) is 0 Å². The van der Waals surface area contributed by atoms with E-state index in [0.29, 0.717) is 0 Å². The van der Waals surface area contributed by atoms with Gasteiger partial charge >= 0.3 is 0 Å². The van der Waals surface area contributed by atoms with Crippen LogP contribution >= 0.6 is 0 Å². The van der Waals surface area contributed by atoms with E-state index in [2.05, 4.69) is 0 Å². The van der Waals surface area contributed by atoms with Crippen molar-refractivity contribution in [3.8, 4) is 45.3 Å². The topological polar surface area (TPSA) is 27.7 Å². The molecule has 0 saturated heterocycles. The fourth-order valence-corrected chi connectivity index (χ4v) is 3.41. The smallest absolute Gasteiger partial charge is 0.135 e. The second kappa shape index (κ2) is 8.53. The maximum absolute atomic E-state index is 6.44. The van der Waals surface area contributed by atoms with E-state index < -0.39 is 0 Å². The van der Waals surface area contributed by atoms with E-state index in [9.17, 15) is 0 Å². The number of ether oxygens (including phenoxy) is 3. The predicted molar refractivity (Wildman–Crippen MR) is 117 cm³/mol. The van der Waals surface area contributed by atoms with Crippen LogP contribution in [0.25, 0.3) is 22.3 Å². The Morgan fingerprint density at radius 2 is 0.655 bits per heavy atom. The quantitative estimate of drug-likeness (QED) is 0.366. The Morgan fingerprint density at radius 3 is 1.00 bits per heavy atom. The van der Waals surface area contributed by atoms with E-state index in [-0.39, 0.29) is 0 Å². The second-order valence-corrected chi connectivity index (χ2v) is 6.49. The van der Waals surface area contributed by atoms with Crippen LogP contribution < -0.4 is 14.2 Å². The molecule has 0 N–H and O–H groups in total.